The predicted octanol–water partition coefficient (Wildman–Crippen LogP) is 3.64. The van der Waals surface area contributed by atoms with Gasteiger partial charge in [0.2, 0.25) is 14.8 Å². The van der Waals surface area contributed by atoms with Crippen LogP contribution in [-0.4, -0.2) is 39.6 Å². The van der Waals surface area contributed by atoms with Gasteiger partial charge < -0.3 is 0 Å². The smallest absolute Gasteiger partial charge is 0.211 e. The molecular formula is C23H23NO5S2. The first-order chi connectivity index (χ1) is 14.8. The van der Waals surface area contributed by atoms with Crippen LogP contribution in [0.15, 0.2) is 101 Å². The summed E-state index contributed by atoms with van der Waals surface area (Å²) in [6, 6.07) is 24.6. The lowest BCUT2D eigenvalue weighted by Gasteiger charge is -2.27. The van der Waals surface area contributed by atoms with E-state index in [9.17, 15) is 16.8 Å². The fourth-order valence-corrected chi connectivity index (χ4v) is 8.04. The largest absolute Gasteiger partial charge is 0.274 e. The van der Waals surface area contributed by atoms with Crippen LogP contribution in [0.4, 0.5) is 0 Å². The summed E-state index contributed by atoms with van der Waals surface area (Å²) >= 11 is 0. The van der Waals surface area contributed by atoms with Crippen molar-refractivity contribution in [3.8, 4) is 0 Å². The molecule has 162 valence electrons. The van der Waals surface area contributed by atoms with Crippen molar-refractivity contribution in [3.63, 3.8) is 0 Å². The first-order valence-corrected chi connectivity index (χ1v) is 12.9. The summed E-state index contributed by atoms with van der Waals surface area (Å²) in [5.74, 6) is -0.686. The van der Waals surface area contributed by atoms with Gasteiger partial charge >= 0.3 is 0 Å². The fraction of sp³-hybridized carbons (Fsp3) is 0.217. The van der Waals surface area contributed by atoms with Gasteiger partial charge in [-0.15, -0.1) is 0 Å². The van der Waals surface area contributed by atoms with Crippen molar-refractivity contribution in [3.05, 3.63) is 96.6 Å². The van der Waals surface area contributed by atoms with E-state index in [1.807, 2.05) is 30.3 Å². The maximum absolute atomic E-state index is 13.8. The van der Waals surface area contributed by atoms with Crippen molar-refractivity contribution in [1.82, 2.24) is 5.06 Å². The van der Waals surface area contributed by atoms with Crippen molar-refractivity contribution in [2.24, 2.45) is 0 Å². The Morgan fingerprint density at radius 2 is 1.29 bits per heavy atom. The molecule has 1 aliphatic rings. The van der Waals surface area contributed by atoms with E-state index in [0.717, 1.165) is 5.56 Å². The maximum atomic E-state index is 13.8. The lowest BCUT2D eigenvalue weighted by atomic mass is 10.0. The highest BCUT2D eigenvalue weighted by atomic mass is 32.2. The van der Waals surface area contributed by atoms with Crippen LogP contribution in [0, 0.1) is 0 Å². The molecule has 4 rings (SSSR count). The van der Waals surface area contributed by atoms with Crippen molar-refractivity contribution in [1.29, 1.82) is 0 Å². The first-order valence-electron chi connectivity index (χ1n) is 9.80. The van der Waals surface area contributed by atoms with E-state index in [0.29, 0.717) is 0 Å². The second-order valence-corrected chi connectivity index (χ2v) is 11.8. The topological polar surface area (TPSA) is 80.8 Å². The summed E-state index contributed by atoms with van der Waals surface area (Å²) in [7, 11) is -6.48. The van der Waals surface area contributed by atoms with E-state index in [-0.39, 0.29) is 16.2 Å². The van der Waals surface area contributed by atoms with Crippen LogP contribution in [0.25, 0.3) is 0 Å². The van der Waals surface area contributed by atoms with Crippen LogP contribution in [0.5, 0.6) is 0 Å². The van der Waals surface area contributed by atoms with Crippen molar-refractivity contribution < 1.29 is 21.7 Å². The molecule has 6 nitrogen and oxygen atoms in total. The number of benzene rings is 3. The maximum Gasteiger partial charge on any atom is 0.211 e. The van der Waals surface area contributed by atoms with Crippen LogP contribution in [0.2, 0.25) is 0 Å². The zero-order valence-corrected chi connectivity index (χ0v) is 18.6. The summed E-state index contributed by atoms with van der Waals surface area (Å²) in [4.78, 5) is 4.09. The number of hydroxylamine groups is 2. The van der Waals surface area contributed by atoms with Gasteiger partial charge in [-0.1, -0.05) is 66.7 Å². The molecular weight excluding hydrogens is 434 g/mol. The number of nitrogens with zero attached hydrogens (tertiary/aromatic N) is 1. The summed E-state index contributed by atoms with van der Waals surface area (Å²) in [6.07, 6.45) is -0.0171. The van der Waals surface area contributed by atoms with Gasteiger partial charge in [0.1, 0.15) is 5.75 Å². The molecule has 3 aromatic carbocycles. The average Bonchev–Trinajstić information content (AvgIpc) is 3.12. The minimum Gasteiger partial charge on any atom is -0.274 e. The Morgan fingerprint density at radius 3 is 1.84 bits per heavy atom. The summed E-state index contributed by atoms with van der Waals surface area (Å²) in [5, 5.41) is 1.45. The molecule has 1 aliphatic heterocycles. The Balaban J connectivity index is 1.83. The van der Waals surface area contributed by atoms with Crippen molar-refractivity contribution in [2.75, 3.05) is 12.8 Å². The first kappa shape index (κ1) is 21.7. The third kappa shape index (κ3) is 4.04. The standard InChI is InChI=1S/C23H23NO5S2/c1-24-22(19-11-5-2-6-12-19)17-23(29-24,31(27,28)21-15-9-4-10-16-21)18-30(25,26)20-13-7-3-8-14-20/h2-16,22H,17-18H2,1H3/t22-,23-/m0/s1. The van der Waals surface area contributed by atoms with Crippen molar-refractivity contribution in [2.45, 2.75) is 27.2 Å². The van der Waals surface area contributed by atoms with E-state index < -0.39 is 36.4 Å². The van der Waals surface area contributed by atoms with E-state index >= 15 is 0 Å². The molecule has 0 radical (unpaired) electrons. The van der Waals surface area contributed by atoms with Gasteiger partial charge in [-0.2, -0.15) is 5.06 Å². The van der Waals surface area contributed by atoms with Crippen LogP contribution < -0.4 is 0 Å². The fourth-order valence-electron chi connectivity index (χ4n) is 3.93. The molecule has 2 atom stereocenters. The zero-order chi connectivity index (χ0) is 22.1. The van der Waals surface area contributed by atoms with Gasteiger partial charge in [0.05, 0.1) is 15.8 Å². The number of hydrogen-bond acceptors (Lipinski definition) is 6. The number of rotatable bonds is 6. The lowest BCUT2D eigenvalue weighted by molar-refractivity contribution is -0.153. The van der Waals surface area contributed by atoms with Gasteiger partial charge in [-0.3, -0.25) is 4.84 Å². The average molecular weight is 458 g/mol. The highest BCUT2D eigenvalue weighted by molar-refractivity contribution is 7.96. The Kier molecular flexibility index (Phi) is 5.74. The highest BCUT2D eigenvalue weighted by Crippen LogP contribution is 2.46. The molecule has 0 aromatic heterocycles. The summed E-state index contributed by atoms with van der Waals surface area (Å²) < 4.78 is 54.1. The summed E-state index contributed by atoms with van der Waals surface area (Å²) in [6.45, 7) is 0. The SMILES string of the molecule is CN1O[C@](CS(=O)(=O)c2ccccc2)(S(=O)(=O)c2ccccc2)C[C@H]1c1ccccc1. The van der Waals surface area contributed by atoms with Crippen molar-refractivity contribution >= 4 is 19.7 Å². The molecule has 8 heteroatoms. The quantitative estimate of drug-likeness (QED) is 0.562. The third-order valence-electron chi connectivity index (χ3n) is 5.49. The molecule has 31 heavy (non-hydrogen) atoms. The second-order valence-electron chi connectivity index (χ2n) is 7.57. The van der Waals surface area contributed by atoms with Crippen LogP contribution in [-0.2, 0) is 24.5 Å². The van der Waals surface area contributed by atoms with E-state index in [4.69, 9.17) is 4.84 Å². The number of sulfone groups is 2. The second kappa shape index (κ2) is 8.20. The third-order valence-corrected chi connectivity index (χ3v) is 9.77. The van der Waals surface area contributed by atoms with Gasteiger partial charge in [0.25, 0.3) is 0 Å². The number of hydrogen-bond donors (Lipinski definition) is 0. The Labute approximate surface area is 182 Å². The molecule has 0 saturated carbocycles. The molecule has 0 spiro atoms. The summed E-state index contributed by atoms with van der Waals surface area (Å²) in [5.41, 5.74) is 0.854. The van der Waals surface area contributed by atoms with E-state index in [2.05, 4.69) is 0 Å². The zero-order valence-electron chi connectivity index (χ0n) is 17.0. The van der Waals surface area contributed by atoms with Gasteiger partial charge in [-0.05, 0) is 29.8 Å². The van der Waals surface area contributed by atoms with Crippen LogP contribution in [0.3, 0.4) is 0 Å². The Morgan fingerprint density at radius 1 is 0.806 bits per heavy atom. The lowest BCUT2D eigenvalue weighted by Crippen LogP contribution is -2.45. The van der Waals surface area contributed by atoms with Gasteiger partial charge in [0, 0.05) is 13.5 Å². The van der Waals surface area contributed by atoms with E-state index in [1.54, 1.807) is 43.4 Å². The predicted molar refractivity (Wildman–Crippen MR) is 118 cm³/mol. The molecule has 1 saturated heterocycles. The Hall–Kier alpha value is -2.52. The van der Waals surface area contributed by atoms with Crippen LogP contribution in [0.1, 0.15) is 18.0 Å². The molecule has 1 heterocycles. The van der Waals surface area contributed by atoms with Gasteiger partial charge in [-0.25, -0.2) is 16.8 Å². The molecule has 3 aromatic rings. The molecule has 0 amide bonds. The van der Waals surface area contributed by atoms with E-state index in [1.165, 1.54) is 29.3 Å². The normalized spacial score (nSPS) is 22.4. The molecule has 0 aliphatic carbocycles. The highest BCUT2D eigenvalue weighted by Gasteiger charge is 2.57. The molecule has 0 N–H and O–H groups in total. The molecule has 0 bridgehead atoms. The minimum absolute atomic E-state index is 0.0171. The minimum atomic E-state index is -4.16. The van der Waals surface area contributed by atoms with Crippen LogP contribution >= 0.6 is 0 Å². The Bertz CT molecular complexity index is 1250. The molecule has 1 fully saturated rings. The molecule has 0 unspecified atom stereocenters. The monoisotopic (exact) mass is 457 g/mol. The van der Waals surface area contributed by atoms with Gasteiger partial charge in [0.15, 0.2) is 9.84 Å².